The van der Waals surface area contributed by atoms with Crippen molar-refractivity contribution < 1.29 is 9.53 Å². The number of hydrogen-bond acceptors (Lipinski definition) is 5. The third kappa shape index (κ3) is 4.26. The summed E-state index contributed by atoms with van der Waals surface area (Å²) >= 11 is 6.31. The monoisotopic (exact) mass is 383 g/mol. The van der Waals surface area contributed by atoms with E-state index in [1.54, 1.807) is 13.2 Å². The number of rotatable bonds is 3. The van der Waals surface area contributed by atoms with E-state index in [2.05, 4.69) is 15.3 Å². The van der Waals surface area contributed by atoms with Crippen LogP contribution in [0.4, 0.5) is 0 Å². The molecule has 1 aromatic heterocycles. The first kappa shape index (κ1) is 19.3. The minimum absolute atomic E-state index is 0.0000581. The van der Waals surface area contributed by atoms with Crippen molar-refractivity contribution in [2.45, 2.75) is 20.8 Å². The molecule has 140 valence electrons. The lowest BCUT2D eigenvalue weighted by Crippen LogP contribution is -2.32. The maximum atomic E-state index is 12.9. The Bertz CT molecular complexity index is 964. The summed E-state index contributed by atoms with van der Waals surface area (Å²) in [6, 6.07) is 5.40. The highest BCUT2D eigenvalue weighted by Crippen LogP contribution is 2.26. The van der Waals surface area contributed by atoms with Crippen molar-refractivity contribution >= 4 is 29.5 Å². The number of piperidine rings is 1. The summed E-state index contributed by atoms with van der Waals surface area (Å²) in [5.41, 5.74) is 5.42. The zero-order valence-electron chi connectivity index (χ0n) is 15.9. The fourth-order valence-electron chi connectivity index (χ4n) is 2.91. The summed E-state index contributed by atoms with van der Waals surface area (Å²) in [6.07, 6.45) is 3.65. The minimum atomic E-state index is 0.0000581. The molecule has 0 saturated carbocycles. The lowest BCUT2D eigenvalue weighted by molar-refractivity contribution is -0.112. The number of aryl methyl sites for hydroxylation is 3. The number of carbonyl (C=O) groups excluding carboxylic acids is 1. The van der Waals surface area contributed by atoms with E-state index in [-0.39, 0.29) is 5.78 Å². The molecule has 0 radical (unpaired) electrons. The van der Waals surface area contributed by atoms with Gasteiger partial charge in [0.1, 0.15) is 5.75 Å². The quantitative estimate of drug-likeness (QED) is 0.818. The van der Waals surface area contributed by atoms with E-state index in [1.165, 1.54) is 0 Å². The molecule has 0 spiro atoms. The molecule has 1 aliphatic heterocycles. The van der Waals surface area contributed by atoms with Crippen LogP contribution in [0.2, 0.25) is 5.02 Å². The minimum Gasteiger partial charge on any atom is -0.497 e. The molecule has 1 N–H and O–H groups in total. The van der Waals surface area contributed by atoms with Crippen LogP contribution in [0.5, 0.6) is 5.75 Å². The number of benzene rings is 1. The Morgan fingerprint density at radius 2 is 1.70 bits per heavy atom. The molecule has 0 atom stereocenters. The van der Waals surface area contributed by atoms with Crippen molar-refractivity contribution in [3.8, 4) is 5.75 Å². The molecule has 1 aliphatic rings. The maximum absolute atomic E-state index is 12.9. The highest BCUT2D eigenvalue weighted by Gasteiger charge is 2.21. The first-order valence-corrected chi connectivity index (χ1v) is 9.08. The van der Waals surface area contributed by atoms with Crippen LogP contribution >= 0.6 is 11.6 Å². The third-order valence-electron chi connectivity index (χ3n) is 4.58. The van der Waals surface area contributed by atoms with Crippen LogP contribution in [0, 0.1) is 20.8 Å². The Morgan fingerprint density at radius 1 is 1.04 bits per heavy atom. The summed E-state index contributed by atoms with van der Waals surface area (Å²) in [5.74, 6) is 0.680. The molecule has 3 rings (SSSR count). The molecule has 1 aromatic carbocycles. The van der Waals surface area contributed by atoms with Gasteiger partial charge >= 0.3 is 0 Å². The number of carbonyl (C=O) groups is 1. The van der Waals surface area contributed by atoms with E-state index in [9.17, 15) is 4.79 Å². The topological polar surface area (TPSA) is 64.1 Å². The second-order valence-corrected chi connectivity index (χ2v) is 6.93. The van der Waals surface area contributed by atoms with Gasteiger partial charge in [-0.15, -0.1) is 0 Å². The normalized spacial score (nSPS) is 17.6. The predicted molar refractivity (Wildman–Crippen MR) is 108 cm³/mol. The summed E-state index contributed by atoms with van der Waals surface area (Å²) in [5, 5.41) is 3.81. The molecule has 27 heavy (non-hydrogen) atoms. The average molecular weight is 384 g/mol. The van der Waals surface area contributed by atoms with Crippen molar-refractivity contribution in [2.75, 3.05) is 20.2 Å². The van der Waals surface area contributed by atoms with Crippen LogP contribution in [0.25, 0.3) is 12.2 Å². The van der Waals surface area contributed by atoms with Gasteiger partial charge in [-0.25, -0.2) is 4.98 Å². The van der Waals surface area contributed by atoms with E-state index in [0.717, 1.165) is 28.3 Å². The molecular formula is C21H22ClN3O2. The van der Waals surface area contributed by atoms with Gasteiger partial charge in [-0.3, -0.25) is 9.78 Å². The van der Waals surface area contributed by atoms with Crippen LogP contribution < -0.4 is 10.1 Å². The third-order valence-corrected chi connectivity index (χ3v) is 4.91. The van der Waals surface area contributed by atoms with Gasteiger partial charge in [-0.2, -0.15) is 0 Å². The van der Waals surface area contributed by atoms with Crippen molar-refractivity contribution in [1.29, 1.82) is 0 Å². The second-order valence-electron chi connectivity index (χ2n) is 6.52. The Hall–Kier alpha value is -2.50. The Kier molecular flexibility index (Phi) is 5.73. The van der Waals surface area contributed by atoms with Crippen molar-refractivity contribution in [1.82, 2.24) is 15.3 Å². The number of methoxy groups -OCH3 is 1. The largest absolute Gasteiger partial charge is 0.497 e. The van der Waals surface area contributed by atoms with Crippen LogP contribution in [0.15, 0.2) is 29.3 Å². The molecule has 6 heteroatoms. The highest BCUT2D eigenvalue weighted by molar-refractivity contribution is 6.32. The molecule has 0 amide bonds. The van der Waals surface area contributed by atoms with Crippen molar-refractivity contribution in [2.24, 2.45) is 0 Å². The second kappa shape index (κ2) is 8.03. The zero-order chi connectivity index (χ0) is 19.6. The van der Waals surface area contributed by atoms with Crippen molar-refractivity contribution in [3.63, 3.8) is 0 Å². The van der Waals surface area contributed by atoms with Crippen LogP contribution in [0.3, 0.4) is 0 Å². The molecule has 0 bridgehead atoms. The van der Waals surface area contributed by atoms with Crippen LogP contribution in [-0.2, 0) is 4.79 Å². The van der Waals surface area contributed by atoms with Crippen molar-refractivity contribution in [3.05, 3.63) is 62.7 Å². The SMILES string of the molecule is COc1ccc(/C=C2\CNC/C(=C\c3nc(C)c(C)nc3C)C2=O)c(Cl)c1. The lowest BCUT2D eigenvalue weighted by atomic mass is 9.96. The van der Waals surface area contributed by atoms with Gasteiger partial charge in [-0.1, -0.05) is 11.6 Å². The van der Waals surface area contributed by atoms with Gasteiger partial charge in [-0.05, 0) is 56.7 Å². The van der Waals surface area contributed by atoms with E-state index in [0.29, 0.717) is 35.0 Å². The van der Waals surface area contributed by atoms with Gasteiger partial charge < -0.3 is 10.1 Å². The summed E-state index contributed by atoms with van der Waals surface area (Å²) in [6.45, 7) is 6.75. The standard InChI is InChI=1S/C21H22ClN3O2/c1-12-13(2)25-20(14(3)24-12)8-17-11-23-10-16(21(17)26)7-15-5-6-18(27-4)9-19(15)22/h5-9,23H,10-11H2,1-4H3/b16-7+,17-8+. The Labute approximate surface area is 164 Å². The molecule has 1 saturated heterocycles. The van der Waals surface area contributed by atoms with E-state index in [4.69, 9.17) is 16.3 Å². The van der Waals surface area contributed by atoms with Gasteiger partial charge in [0.05, 0.1) is 34.9 Å². The van der Waals surface area contributed by atoms with Gasteiger partial charge in [0.2, 0.25) is 0 Å². The molecule has 5 nitrogen and oxygen atoms in total. The van der Waals surface area contributed by atoms with Crippen LogP contribution in [0.1, 0.15) is 28.3 Å². The fourth-order valence-corrected chi connectivity index (χ4v) is 3.13. The highest BCUT2D eigenvalue weighted by atomic mass is 35.5. The van der Waals surface area contributed by atoms with E-state index in [1.807, 2.05) is 45.1 Å². The number of halogens is 1. The number of hydrogen-bond donors (Lipinski definition) is 1. The summed E-state index contributed by atoms with van der Waals surface area (Å²) < 4.78 is 5.17. The average Bonchev–Trinajstić information content (AvgIpc) is 2.64. The molecule has 2 heterocycles. The van der Waals surface area contributed by atoms with E-state index >= 15 is 0 Å². The Balaban J connectivity index is 1.93. The molecule has 0 aliphatic carbocycles. The lowest BCUT2D eigenvalue weighted by Gasteiger charge is -2.18. The molecule has 0 unspecified atom stereocenters. The van der Waals surface area contributed by atoms with Crippen LogP contribution in [-0.4, -0.2) is 36.0 Å². The smallest absolute Gasteiger partial charge is 0.187 e. The number of Topliss-reactive ketones (excluding diaryl/α,β-unsaturated/α-hetero) is 1. The molecule has 2 aromatic rings. The number of nitrogens with one attached hydrogen (secondary N) is 1. The number of aromatic nitrogens is 2. The van der Waals surface area contributed by atoms with E-state index < -0.39 is 0 Å². The first-order valence-electron chi connectivity index (χ1n) is 8.71. The van der Waals surface area contributed by atoms with Gasteiger partial charge in [0, 0.05) is 24.2 Å². The predicted octanol–water partition coefficient (Wildman–Crippen LogP) is 3.70. The maximum Gasteiger partial charge on any atom is 0.187 e. The summed E-state index contributed by atoms with van der Waals surface area (Å²) in [4.78, 5) is 22.0. The first-order chi connectivity index (χ1) is 12.9. The fraction of sp³-hybridized carbons (Fsp3) is 0.286. The number of ether oxygens (including phenoxy) is 1. The molecule has 1 fully saturated rings. The number of nitrogens with zero attached hydrogens (tertiary/aromatic N) is 2. The van der Waals surface area contributed by atoms with Gasteiger partial charge in [0.15, 0.2) is 5.78 Å². The Morgan fingerprint density at radius 3 is 2.37 bits per heavy atom. The zero-order valence-corrected chi connectivity index (χ0v) is 16.6. The number of ketones is 1. The van der Waals surface area contributed by atoms with Gasteiger partial charge in [0.25, 0.3) is 0 Å². The molecular weight excluding hydrogens is 362 g/mol. The summed E-state index contributed by atoms with van der Waals surface area (Å²) in [7, 11) is 1.59.